The Labute approximate surface area is 106 Å². The molecule has 0 aliphatic rings. The maximum atomic E-state index is 11.2. The van der Waals surface area contributed by atoms with Crippen molar-refractivity contribution in [2.24, 2.45) is 0 Å². The Morgan fingerprint density at radius 3 is 2.35 bits per heavy atom. The van der Waals surface area contributed by atoms with E-state index in [1.807, 2.05) is 20.8 Å². The van der Waals surface area contributed by atoms with Crippen LogP contribution in [0, 0.1) is 0 Å². The number of hydrogen-bond donors (Lipinski definition) is 2. The van der Waals surface area contributed by atoms with E-state index in [4.69, 9.17) is 9.29 Å². The third kappa shape index (κ3) is 13.3. The van der Waals surface area contributed by atoms with Crippen molar-refractivity contribution in [2.45, 2.75) is 52.1 Å². The van der Waals surface area contributed by atoms with E-state index in [0.29, 0.717) is 12.3 Å². The van der Waals surface area contributed by atoms with Crippen LogP contribution in [0.1, 0.15) is 46.5 Å². The highest BCUT2D eigenvalue weighted by Crippen LogP contribution is 2.06. The van der Waals surface area contributed by atoms with E-state index < -0.39 is 22.8 Å². The fraction of sp³-hybridized carbons (Fsp3) is 0.909. The minimum atomic E-state index is -1.68. The number of alkyl carbamates (subject to hydrolysis) is 1. The second kappa shape index (κ2) is 8.47. The van der Waals surface area contributed by atoms with Gasteiger partial charge in [0.2, 0.25) is 0 Å². The second-order valence-electron chi connectivity index (χ2n) is 4.87. The highest BCUT2D eigenvalue weighted by Gasteiger charge is 2.15. The van der Waals surface area contributed by atoms with Crippen LogP contribution in [0.3, 0.4) is 0 Å². The van der Waals surface area contributed by atoms with Crippen molar-refractivity contribution in [3.8, 4) is 0 Å². The summed E-state index contributed by atoms with van der Waals surface area (Å²) in [6, 6.07) is 0. The fourth-order valence-electron chi connectivity index (χ4n) is 1.21. The van der Waals surface area contributed by atoms with Crippen LogP contribution in [0.4, 0.5) is 4.79 Å². The van der Waals surface area contributed by atoms with E-state index in [1.54, 1.807) is 0 Å². The van der Waals surface area contributed by atoms with Crippen molar-refractivity contribution >= 4 is 17.2 Å². The topological polar surface area (TPSA) is 75.6 Å². The number of nitrogens with one attached hydrogen (secondary N) is 1. The van der Waals surface area contributed by atoms with Crippen molar-refractivity contribution < 1.29 is 18.3 Å². The summed E-state index contributed by atoms with van der Waals surface area (Å²) in [5.74, 6) is 0.333. The molecule has 0 aromatic carbocycles. The van der Waals surface area contributed by atoms with Gasteiger partial charge in [-0.2, -0.15) is 0 Å². The van der Waals surface area contributed by atoms with Crippen LogP contribution in [0.15, 0.2) is 0 Å². The Bertz CT molecular complexity index is 250. The number of rotatable bonds is 7. The first-order valence-corrected chi connectivity index (χ1v) is 7.13. The molecular formula is C11H23NO4S. The minimum Gasteiger partial charge on any atom is -0.444 e. The summed E-state index contributed by atoms with van der Waals surface area (Å²) in [4.78, 5) is 11.2. The summed E-state index contributed by atoms with van der Waals surface area (Å²) in [5.41, 5.74) is -0.463. The smallest absolute Gasteiger partial charge is 0.407 e. The molecule has 1 amide bonds. The molecule has 0 aromatic heterocycles. The first-order chi connectivity index (χ1) is 7.81. The molecule has 1 atom stereocenters. The molecule has 102 valence electrons. The standard InChI is InChI=1S/C11H23NO4S/c1-11(2,3)16-10(13)12-8-6-4-5-7-9-17(14)15/h4-9H2,1-3H3,(H,12,13)(H,14,15). The zero-order valence-electron chi connectivity index (χ0n) is 10.8. The molecule has 0 aliphatic heterocycles. The van der Waals surface area contributed by atoms with Gasteiger partial charge in [-0.1, -0.05) is 12.8 Å². The van der Waals surface area contributed by atoms with Gasteiger partial charge >= 0.3 is 6.09 Å². The molecule has 1 unspecified atom stereocenters. The highest BCUT2D eigenvalue weighted by molar-refractivity contribution is 7.79. The quantitative estimate of drug-likeness (QED) is 0.547. The first-order valence-electron chi connectivity index (χ1n) is 5.85. The van der Waals surface area contributed by atoms with Crippen LogP contribution in [0.25, 0.3) is 0 Å². The van der Waals surface area contributed by atoms with E-state index in [0.717, 1.165) is 25.7 Å². The maximum absolute atomic E-state index is 11.2. The van der Waals surface area contributed by atoms with Crippen LogP contribution in [-0.4, -0.2) is 32.8 Å². The number of carbonyl (C=O) groups is 1. The molecule has 0 bridgehead atoms. The Morgan fingerprint density at radius 2 is 1.82 bits per heavy atom. The molecule has 0 saturated carbocycles. The molecule has 2 N–H and O–H groups in total. The second-order valence-corrected chi connectivity index (χ2v) is 5.92. The summed E-state index contributed by atoms with van der Waals surface area (Å²) < 4.78 is 24.0. The Hall–Kier alpha value is -0.620. The van der Waals surface area contributed by atoms with Gasteiger partial charge in [-0.05, 0) is 33.6 Å². The molecule has 0 radical (unpaired) electrons. The maximum Gasteiger partial charge on any atom is 0.407 e. The zero-order chi connectivity index (χ0) is 13.3. The van der Waals surface area contributed by atoms with Crippen LogP contribution < -0.4 is 5.32 Å². The SMILES string of the molecule is CC(C)(C)OC(=O)NCCCCCCS(=O)O. The largest absolute Gasteiger partial charge is 0.444 e. The lowest BCUT2D eigenvalue weighted by atomic mass is 10.2. The summed E-state index contributed by atoms with van der Waals surface area (Å²) in [7, 11) is 0. The van der Waals surface area contributed by atoms with Gasteiger partial charge in [0.1, 0.15) is 5.60 Å². The normalized spacial score (nSPS) is 13.2. The summed E-state index contributed by atoms with van der Waals surface area (Å²) in [6.07, 6.45) is 3.05. The van der Waals surface area contributed by atoms with Crippen LogP contribution >= 0.6 is 0 Å². The number of unbranched alkanes of at least 4 members (excludes halogenated alkanes) is 3. The predicted octanol–water partition coefficient (Wildman–Crippen LogP) is 2.29. The molecule has 0 aliphatic carbocycles. The van der Waals surface area contributed by atoms with E-state index in [1.165, 1.54) is 0 Å². The average molecular weight is 265 g/mol. The lowest BCUT2D eigenvalue weighted by Gasteiger charge is -2.19. The molecule has 5 nitrogen and oxygen atoms in total. The lowest BCUT2D eigenvalue weighted by Crippen LogP contribution is -2.32. The minimum absolute atomic E-state index is 0.333. The van der Waals surface area contributed by atoms with Gasteiger partial charge in [0.15, 0.2) is 11.1 Å². The van der Waals surface area contributed by atoms with Gasteiger partial charge in [-0.3, -0.25) is 0 Å². The van der Waals surface area contributed by atoms with Gasteiger partial charge in [-0.25, -0.2) is 9.00 Å². The van der Waals surface area contributed by atoms with E-state index in [9.17, 15) is 9.00 Å². The summed E-state index contributed by atoms with van der Waals surface area (Å²) >= 11 is -1.68. The Balaban J connectivity index is 3.34. The van der Waals surface area contributed by atoms with Crippen molar-refractivity contribution in [1.82, 2.24) is 5.32 Å². The van der Waals surface area contributed by atoms with Crippen LogP contribution in [0.2, 0.25) is 0 Å². The molecule has 17 heavy (non-hydrogen) atoms. The van der Waals surface area contributed by atoms with Crippen molar-refractivity contribution in [1.29, 1.82) is 0 Å². The fourth-order valence-corrected chi connectivity index (χ4v) is 1.66. The molecule has 0 heterocycles. The van der Waals surface area contributed by atoms with Crippen molar-refractivity contribution in [3.63, 3.8) is 0 Å². The monoisotopic (exact) mass is 265 g/mol. The lowest BCUT2D eigenvalue weighted by molar-refractivity contribution is 0.0527. The number of carbonyl (C=O) groups excluding carboxylic acids is 1. The molecular weight excluding hydrogens is 242 g/mol. The van der Waals surface area contributed by atoms with Crippen LogP contribution in [-0.2, 0) is 15.8 Å². The average Bonchev–Trinajstić information content (AvgIpc) is 2.12. The van der Waals surface area contributed by atoms with Crippen LogP contribution in [0.5, 0.6) is 0 Å². The molecule has 0 fully saturated rings. The van der Waals surface area contributed by atoms with Gasteiger partial charge in [0.05, 0.1) is 0 Å². The number of amides is 1. The third-order valence-electron chi connectivity index (χ3n) is 1.91. The highest BCUT2D eigenvalue weighted by atomic mass is 32.2. The molecule has 0 rings (SSSR count). The third-order valence-corrected chi connectivity index (χ3v) is 2.55. The summed E-state index contributed by atoms with van der Waals surface area (Å²) in [5, 5.41) is 2.67. The van der Waals surface area contributed by atoms with Gasteiger partial charge in [-0.15, -0.1) is 0 Å². The predicted molar refractivity (Wildman–Crippen MR) is 68.3 cm³/mol. The number of ether oxygens (including phenoxy) is 1. The van der Waals surface area contributed by atoms with Crippen molar-refractivity contribution in [2.75, 3.05) is 12.3 Å². The Kier molecular flexibility index (Phi) is 8.16. The molecule has 6 heteroatoms. The zero-order valence-corrected chi connectivity index (χ0v) is 11.6. The summed E-state index contributed by atoms with van der Waals surface area (Å²) in [6.45, 7) is 6.04. The van der Waals surface area contributed by atoms with Gasteiger partial charge in [0, 0.05) is 12.3 Å². The molecule has 0 saturated heterocycles. The van der Waals surface area contributed by atoms with E-state index in [-0.39, 0.29) is 0 Å². The first kappa shape index (κ1) is 16.4. The molecule has 0 spiro atoms. The van der Waals surface area contributed by atoms with Crippen molar-refractivity contribution in [3.05, 3.63) is 0 Å². The number of hydrogen-bond acceptors (Lipinski definition) is 3. The Morgan fingerprint density at radius 1 is 1.24 bits per heavy atom. The molecule has 0 aromatic rings. The van der Waals surface area contributed by atoms with Gasteiger partial charge in [0.25, 0.3) is 0 Å². The van der Waals surface area contributed by atoms with E-state index in [2.05, 4.69) is 5.32 Å². The van der Waals surface area contributed by atoms with E-state index >= 15 is 0 Å². The van der Waals surface area contributed by atoms with Gasteiger partial charge < -0.3 is 14.6 Å².